The maximum Gasteiger partial charge on any atom is 0.155 e. The lowest BCUT2D eigenvalue weighted by molar-refractivity contribution is 0.111. The van der Waals surface area contributed by atoms with E-state index in [0.717, 1.165) is 19.1 Å². The fraction of sp³-hybridized carbons (Fsp3) is 0.455. The van der Waals surface area contributed by atoms with Crippen LogP contribution in [0.5, 0.6) is 5.75 Å². The van der Waals surface area contributed by atoms with E-state index in [-0.39, 0.29) is 6.10 Å². The number of aldehydes is 1. The zero-order valence-corrected chi connectivity index (χ0v) is 7.98. The SMILES string of the molecule is O=Cc1cnccc1OC1CCCC1. The first-order chi connectivity index (χ1) is 6.90. The highest BCUT2D eigenvalue weighted by Gasteiger charge is 2.17. The van der Waals surface area contributed by atoms with E-state index in [4.69, 9.17) is 4.74 Å². The van der Waals surface area contributed by atoms with Gasteiger partial charge in [-0.25, -0.2) is 0 Å². The predicted octanol–water partition coefficient (Wildman–Crippen LogP) is 2.22. The van der Waals surface area contributed by atoms with Gasteiger partial charge in [-0.3, -0.25) is 9.78 Å². The molecule has 1 aliphatic rings. The van der Waals surface area contributed by atoms with Crippen LogP contribution < -0.4 is 4.74 Å². The third-order valence-corrected chi connectivity index (χ3v) is 2.53. The molecular weight excluding hydrogens is 178 g/mol. The third kappa shape index (κ3) is 1.92. The number of carbonyl (C=O) groups excluding carboxylic acids is 1. The molecule has 0 saturated heterocycles. The van der Waals surface area contributed by atoms with Crippen LogP contribution in [-0.4, -0.2) is 17.4 Å². The van der Waals surface area contributed by atoms with Crippen molar-refractivity contribution in [2.24, 2.45) is 0 Å². The molecule has 0 aliphatic heterocycles. The van der Waals surface area contributed by atoms with E-state index in [0.29, 0.717) is 11.3 Å². The largest absolute Gasteiger partial charge is 0.490 e. The fourth-order valence-corrected chi connectivity index (χ4v) is 1.78. The number of nitrogens with zero attached hydrogens (tertiary/aromatic N) is 1. The summed E-state index contributed by atoms with van der Waals surface area (Å²) in [7, 11) is 0. The van der Waals surface area contributed by atoms with Gasteiger partial charge < -0.3 is 4.74 Å². The Hall–Kier alpha value is -1.38. The maximum atomic E-state index is 10.7. The van der Waals surface area contributed by atoms with Crippen LogP contribution in [0.15, 0.2) is 18.5 Å². The molecule has 0 aromatic carbocycles. The number of carbonyl (C=O) groups is 1. The van der Waals surface area contributed by atoms with Gasteiger partial charge in [0.05, 0.1) is 11.7 Å². The van der Waals surface area contributed by atoms with E-state index in [1.54, 1.807) is 12.3 Å². The van der Waals surface area contributed by atoms with E-state index in [2.05, 4.69) is 4.98 Å². The van der Waals surface area contributed by atoms with Crippen LogP contribution in [0.2, 0.25) is 0 Å². The molecule has 0 atom stereocenters. The molecule has 74 valence electrons. The number of hydrogen-bond donors (Lipinski definition) is 0. The van der Waals surface area contributed by atoms with Gasteiger partial charge in [-0.1, -0.05) is 0 Å². The molecule has 14 heavy (non-hydrogen) atoms. The average molecular weight is 191 g/mol. The van der Waals surface area contributed by atoms with Gasteiger partial charge in [0.25, 0.3) is 0 Å². The Morgan fingerprint density at radius 3 is 2.93 bits per heavy atom. The Morgan fingerprint density at radius 1 is 1.43 bits per heavy atom. The van der Waals surface area contributed by atoms with Crippen molar-refractivity contribution in [3.8, 4) is 5.75 Å². The average Bonchev–Trinajstić information content (AvgIpc) is 2.71. The highest BCUT2D eigenvalue weighted by molar-refractivity contribution is 5.78. The maximum absolute atomic E-state index is 10.7. The predicted molar refractivity (Wildman–Crippen MR) is 52.5 cm³/mol. The smallest absolute Gasteiger partial charge is 0.155 e. The summed E-state index contributed by atoms with van der Waals surface area (Å²) in [5.74, 6) is 0.668. The van der Waals surface area contributed by atoms with Gasteiger partial charge in [-0.05, 0) is 31.7 Å². The van der Waals surface area contributed by atoms with E-state index >= 15 is 0 Å². The molecule has 1 aliphatic carbocycles. The monoisotopic (exact) mass is 191 g/mol. The minimum atomic E-state index is 0.288. The van der Waals surface area contributed by atoms with Gasteiger partial charge in [0.15, 0.2) is 6.29 Å². The van der Waals surface area contributed by atoms with Crippen molar-refractivity contribution in [1.29, 1.82) is 0 Å². The molecule has 1 aromatic rings. The summed E-state index contributed by atoms with van der Waals surface area (Å²) in [6.07, 6.45) is 8.92. The second-order valence-electron chi connectivity index (χ2n) is 3.56. The van der Waals surface area contributed by atoms with Gasteiger partial charge in [-0.2, -0.15) is 0 Å². The minimum Gasteiger partial charge on any atom is -0.490 e. The molecule has 0 radical (unpaired) electrons. The summed E-state index contributed by atoms with van der Waals surface area (Å²) >= 11 is 0. The second kappa shape index (κ2) is 4.22. The van der Waals surface area contributed by atoms with Crippen LogP contribution in [0.1, 0.15) is 36.0 Å². The number of aromatic nitrogens is 1. The van der Waals surface area contributed by atoms with Crippen LogP contribution in [0, 0.1) is 0 Å². The summed E-state index contributed by atoms with van der Waals surface area (Å²) in [4.78, 5) is 14.6. The summed E-state index contributed by atoms with van der Waals surface area (Å²) in [6.45, 7) is 0. The molecule has 1 fully saturated rings. The van der Waals surface area contributed by atoms with Gasteiger partial charge >= 0.3 is 0 Å². The zero-order valence-electron chi connectivity index (χ0n) is 7.98. The van der Waals surface area contributed by atoms with E-state index < -0.39 is 0 Å². The molecule has 0 amide bonds. The van der Waals surface area contributed by atoms with Gasteiger partial charge in [0, 0.05) is 12.4 Å². The molecule has 1 aromatic heterocycles. The molecule has 1 heterocycles. The van der Waals surface area contributed by atoms with Crippen molar-refractivity contribution in [2.75, 3.05) is 0 Å². The molecule has 1 saturated carbocycles. The Morgan fingerprint density at radius 2 is 2.21 bits per heavy atom. The van der Waals surface area contributed by atoms with E-state index in [1.165, 1.54) is 19.0 Å². The van der Waals surface area contributed by atoms with Crippen LogP contribution in [0.3, 0.4) is 0 Å². The third-order valence-electron chi connectivity index (χ3n) is 2.53. The molecular formula is C11H13NO2. The molecule has 3 nitrogen and oxygen atoms in total. The fourth-order valence-electron chi connectivity index (χ4n) is 1.78. The van der Waals surface area contributed by atoms with Crippen LogP contribution in [0.4, 0.5) is 0 Å². The van der Waals surface area contributed by atoms with Crippen molar-refractivity contribution in [1.82, 2.24) is 4.98 Å². The van der Waals surface area contributed by atoms with Crippen molar-refractivity contribution >= 4 is 6.29 Å². The number of hydrogen-bond acceptors (Lipinski definition) is 3. The van der Waals surface area contributed by atoms with Crippen molar-refractivity contribution in [2.45, 2.75) is 31.8 Å². The van der Waals surface area contributed by atoms with Crippen molar-refractivity contribution in [3.05, 3.63) is 24.0 Å². The highest BCUT2D eigenvalue weighted by atomic mass is 16.5. The molecule has 0 spiro atoms. The summed E-state index contributed by atoms with van der Waals surface area (Å²) in [5.41, 5.74) is 0.541. The van der Waals surface area contributed by atoms with E-state index in [9.17, 15) is 4.79 Å². The molecule has 0 N–H and O–H groups in total. The lowest BCUT2D eigenvalue weighted by Gasteiger charge is -2.13. The van der Waals surface area contributed by atoms with E-state index in [1.807, 2.05) is 0 Å². The Labute approximate surface area is 83.1 Å². The molecule has 2 rings (SSSR count). The molecule has 0 unspecified atom stereocenters. The van der Waals surface area contributed by atoms with Crippen LogP contribution >= 0.6 is 0 Å². The zero-order chi connectivity index (χ0) is 9.80. The number of ether oxygens (including phenoxy) is 1. The van der Waals surface area contributed by atoms with Crippen LogP contribution in [-0.2, 0) is 0 Å². The van der Waals surface area contributed by atoms with Crippen molar-refractivity contribution in [3.63, 3.8) is 0 Å². The standard InChI is InChI=1S/C11H13NO2/c13-8-9-7-12-6-5-11(9)14-10-3-1-2-4-10/h5-8,10H,1-4H2. The van der Waals surface area contributed by atoms with Gasteiger partial charge in [0.1, 0.15) is 5.75 Å². The lowest BCUT2D eigenvalue weighted by atomic mass is 10.2. The van der Waals surface area contributed by atoms with Gasteiger partial charge in [0.2, 0.25) is 0 Å². The Balaban J connectivity index is 2.10. The molecule has 0 bridgehead atoms. The first-order valence-electron chi connectivity index (χ1n) is 4.96. The summed E-state index contributed by atoms with van der Waals surface area (Å²) < 4.78 is 5.73. The number of rotatable bonds is 3. The first kappa shape index (κ1) is 9.19. The van der Waals surface area contributed by atoms with Crippen molar-refractivity contribution < 1.29 is 9.53 Å². The Bertz CT molecular complexity index is 319. The molecule has 3 heteroatoms. The number of pyridine rings is 1. The Kier molecular flexibility index (Phi) is 2.77. The summed E-state index contributed by atoms with van der Waals surface area (Å²) in [6, 6.07) is 1.75. The van der Waals surface area contributed by atoms with Gasteiger partial charge in [-0.15, -0.1) is 0 Å². The first-order valence-corrected chi connectivity index (χ1v) is 4.96. The normalized spacial score (nSPS) is 16.9. The topological polar surface area (TPSA) is 39.2 Å². The lowest BCUT2D eigenvalue weighted by Crippen LogP contribution is -2.12. The quantitative estimate of drug-likeness (QED) is 0.687. The second-order valence-corrected chi connectivity index (χ2v) is 3.56. The van der Waals surface area contributed by atoms with Crippen LogP contribution in [0.25, 0.3) is 0 Å². The minimum absolute atomic E-state index is 0.288. The summed E-state index contributed by atoms with van der Waals surface area (Å²) in [5, 5.41) is 0. The highest BCUT2D eigenvalue weighted by Crippen LogP contribution is 2.25.